The van der Waals surface area contributed by atoms with E-state index in [0.717, 1.165) is 0 Å². The Hall–Kier alpha value is -3.15. The Morgan fingerprint density at radius 1 is 1.09 bits per heavy atom. The number of hydrogen-bond donors (Lipinski definition) is 2. The number of carbonyl (C=O) groups is 1. The van der Waals surface area contributed by atoms with Gasteiger partial charge in [0.05, 0.1) is 18.1 Å². The monoisotopic (exact) mass is 297 g/mol. The third-order valence-corrected chi connectivity index (χ3v) is 2.86. The Kier molecular flexibility index (Phi) is 3.82. The Labute approximate surface area is 125 Å². The quantitative estimate of drug-likeness (QED) is 0.768. The first-order chi connectivity index (χ1) is 10.7. The summed E-state index contributed by atoms with van der Waals surface area (Å²) >= 11 is 0. The van der Waals surface area contributed by atoms with E-state index < -0.39 is 0 Å². The van der Waals surface area contributed by atoms with E-state index >= 15 is 0 Å². The average molecular weight is 297 g/mol. The van der Waals surface area contributed by atoms with E-state index in [1.807, 2.05) is 0 Å². The van der Waals surface area contributed by atoms with E-state index in [1.165, 1.54) is 24.6 Å². The molecule has 0 bridgehead atoms. The number of carbonyl (C=O) groups excluding carboxylic acids is 1. The van der Waals surface area contributed by atoms with Crippen molar-refractivity contribution in [2.45, 2.75) is 0 Å². The summed E-state index contributed by atoms with van der Waals surface area (Å²) in [5.41, 5.74) is 1.13. The van der Waals surface area contributed by atoms with Crippen molar-refractivity contribution in [3.8, 4) is 0 Å². The third-order valence-electron chi connectivity index (χ3n) is 2.86. The van der Waals surface area contributed by atoms with Crippen LogP contribution in [0.2, 0.25) is 0 Å². The minimum atomic E-state index is -0.349. The molecule has 2 N–H and O–H groups in total. The second-order valence-corrected chi connectivity index (χ2v) is 4.50. The predicted molar refractivity (Wildman–Crippen MR) is 80.6 cm³/mol. The number of furan rings is 1. The zero-order chi connectivity index (χ0) is 15.4. The molecular weight excluding hydrogens is 285 g/mol. The minimum Gasteiger partial charge on any atom is -0.459 e. The highest BCUT2D eigenvalue weighted by molar-refractivity contribution is 6.02. The Bertz CT molecular complexity index is 770. The molecule has 2 heterocycles. The maximum atomic E-state index is 13.1. The number of pyridine rings is 1. The molecule has 0 aliphatic rings. The summed E-state index contributed by atoms with van der Waals surface area (Å²) < 4.78 is 18.1. The summed E-state index contributed by atoms with van der Waals surface area (Å²) in [6.45, 7) is 0. The number of hydrogen-bond acceptors (Lipinski definition) is 4. The van der Waals surface area contributed by atoms with Gasteiger partial charge in [-0.3, -0.25) is 4.79 Å². The normalized spacial score (nSPS) is 10.2. The van der Waals surface area contributed by atoms with Crippen molar-refractivity contribution in [2.24, 2.45) is 0 Å². The summed E-state index contributed by atoms with van der Waals surface area (Å²) in [6, 6.07) is 12.7. The molecule has 110 valence electrons. The van der Waals surface area contributed by atoms with Gasteiger partial charge in [0.2, 0.25) is 0 Å². The molecule has 0 radical (unpaired) electrons. The van der Waals surface area contributed by atoms with Crippen molar-refractivity contribution in [2.75, 3.05) is 10.6 Å². The largest absolute Gasteiger partial charge is 0.459 e. The van der Waals surface area contributed by atoms with Gasteiger partial charge >= 0.3 is 0 Å². The van der Waals surface area contributed by atoms with E-state index in [-0.39, 0.29) is 17.5 Å². The number of halogens is 1. The van der Waals surface area contributed by atoms with Gasteiger partial charge in [0.1, 0.15) is 11.6 Å². The van der Waals surface area contributed by atoms with E-state index in [0.29, 0.717) is 17.2 Å². The molecule has 1 amide bonds. The van der Waals surface area contributed by atoms with E-state index in [4.69, 9.17) is 4.42 Å². The Morgan fingerprint density at radius 2 is 2.00 bits per heavy atom. The summed E-state index contributed by atoms with van der Waals surface area (Å²) in [7, 11) is 0. The Balaban J connectivity index is 1.66. The molecule has 0 aliphatic heterocycles. The van der Waals surface area contributed by atoms with Crippen molar-refractivity contribution >= 4 is 23.1 Å². The average Bonchev–Trinajstić information content (AvgIpc) is 3.04. The van der Waals surface area contributed by atoms with Crippen molar-refractivity contribution in [3.63, 3.8) is 0 Å². The fourth-order valence-electron chi connectivity index (χ4n) is 1.86. The smallest absolute Gasteiger partial charge is 0.291 e. The molecule has 0 aliphatic carbocycles. The van der Waals surface area contributed by atoms with Crippen molar-refractivity contribution in [1.82, 2.24) is 4.98 Å². The van der Waals surface area contributed by atoms with Gasteiger partial charge in [0.25, 0.3) is 5.91 Å². The molecule has 0 fully saturated rings. The molecule has 0 unspecified atom stereocenters. The van der Waals surface area contributed by atoms with Gasteiger partial charge in [-0.15, -0.1) is 0 Å². The highest BCUT2D eigenvalue weighted by atomic mass is 19.1. The summed E-state index contributed by atoms with van der Waals surface area (Å²) in [5, 5.41) is 5.63. The van der Waals surface area contributed by atoms with Crippen LogP contribution in [0.1, 0.15) is 10.6 Å². The van der Waals surface area contributed by atoms with Crippen LogP contribution in [0.4, 0.5) is 21.6 Å². The van der Waals surface area contributed by atoms with Gasteiger partial charge in [0.15, 0.2) is 5.76 Å². The first kappa shape index (κ1) is 13.8. The van der Waals surface area contributed by atoms with Crippen LogP contribution < -0.4 is 10.6 Å². The molecule has 3 aromatic rings. The van der Waals surface area contributed by atoms with Crippen LogP contribution in [0.15, 0.2) is 65.4 Å². The number of benzene rings is 1. The van der Waals surface area contributed by atoms with Crippen LogP contribution in [0, 0.1) is 5.82 Å². The van der Waals surface area contributed by atoms with Crippen molar-refractivity contribution < 1.29 is 13.6 Å². The molecule has 1 aromatic carbocycles. The Morgan fingerprint density at radius 3 is 2.68 bits per heavy atom. The summed E-state index contributed by atoms with van der Waals surface area (Å²) in [5.74, 6) is 0.0912. The first-order valence-corrected chi connectivity index (χ1v) is 6.54. The predicted octanol–water partition coefficient (Wildman–Crippen LogP) is 3.81. The third kappa shape index (κ3) is 3.29. The molecule has 6 heteroatoms. The standard InChI is InChI=1S/C16H12FN3O2/c17-11-3-1-4-12(9-11)19-15-7-6-13(10-18-15)20-16(21)14-5-2-8-22-14/h1-10H,(H,18,19)(H,20,21). The molecule has 2 aromatic heterocycles. The number of rotatable bonds is 4. The van der Waals surface area contributed by atoms with Gasteiger partial charge < -0.3 is 15.1 Å². The van der Waals surface area contributed by atoms with Crippen LogP contribution in [0.3, 0.4) is 0 Å². The van der Waals surface area contributed by atoms with Gasteiger partial charge in [-0.25, -0.2) is 9.37 Å². The number of nitrogens with one attached hydrogen (secondary N) is 2. The van der Waals surface area contributed by atoms with E-state index in [2.05, 4.69) is 15.6 Å². The van der Waals surface area contributed by atoms with Gasteiger partial charge in [-0.1, -0.05) is 6.07 Å². The number of anilines is 3. The summed E-state index contributed by atoms with van der Waals surface area (Å²) in [6.07, 6.45) is 2.93. The van der Waals surface area contributed by atoms with Crippen LogP contribution >= 0.6 is 0 Å². The topological polar surface area (TPSA) is 67.2 Å². The number of amides is 1. The number of aromatic nitrogens is 1. The van der Waals surface area contributed by atoms with E-state index in [1.54, 1.807) is 36.4 Å². The lowest BCUT2D eigenvalue weighted by molar-refractivity contribution is 0.0996. The minimum absolute atomic E-state index is 0.224. The highest BCUT2D eigenvalue weighted by Crippen LogP contribution is 2.17. The zero-order valence-electron chi connectivity index (χ0n) is 11.4. The second kappa shape index (κ2) is 6.09. The second-order valence-electron chi connectivity index (χ2n) is 4.50. The maximum Gasteiger partial charge on any atom is 0.291 e. The molecule has 3 rings (SSSR count). The van der Waals surface area contributed by atoms with Crippen LogP contribution in [0.25, 0.3) is 0 Å². The SMILES string of the molecule is O=C(Nc1ccc(Nc2cccc(F)c2)nc1)c1ccco1. The molecular formula is C16H12FN3O2. The van der Waals surface area contributed by atoms with Crippen LogP contribution in [0.5, 0.6) is 0 Å². The summed E-state index contributed by atoms with van der Waals surface area (Å²) in [4.78, 5) is 16.0. The fraction of sp³-hybridized carbons (Fsp3) is 0. The molecule has 5 nitrogen and oxygen atoms in total. The van der Waals surface area contributed by atoms with Crippen molar-refractivity contribution in [1.29, 1.82) is 0 Å². The van der Waals surface area contributed by atoms with Gasteiger partial charge in [-0.2, -0.15) is 0 Å². The molecule has 0 saturated carbocycles. The highest BCUT2D eigenvalue weighted by Gasteiger charge is 2.08. The number of nitrogens with zero attached hydrogens (tertiary/aromatic N) is 1. The lowest BCUT2D eigenvalue weighted by Crippen LogP contribution is -2.11. The molecule has 22 heavy (non-hydrogen) atoms. The molecule has 0 spiro atoms. The molecule has 0 saturated heterocycles. The van der Waals surface area contributed by atoms with Gasteiger partial charge in [0, 0.05) is 5.69 Å². The fourth-order valence-corrected chi connectivity index (χ4v) is 1.86. The lowest BCUT2D eigenvalue weighted by Gasteiger charge is -2.07. The first-order valence-electron chi connectivity index (χ1n) is 6.54. The van der Waals surface area contributed by atoms with Crippen LogP contribution in [-0.2, 0) is 0 Å². The maximum absolute atomic E-state index is 13.1. The van der Waals surface area contributed by atoms with Crippen LogP contribution in [-0.4, -0.2) is 10.9 Å². The lowest BCUT2D eigenvalue weighted by atomic mass is 10.3. The zero-order valence-corrected chi connectivity index (χ0v) is 11.4. The van der Waals surface area contributed by atoms with E-state index in [9.17, 15) is 9.18 Å². The molecule has 0 atom stereocenters. The van der Waals surface area contributed by atoms with Gasteiger partial charge in [-0.05, 0) is 42.5 Å². The van der Waals surface area contributed by atoms with Crippen molar-refractivity contribution in [3.05, 3.63) is 72.6 Å².